The van der Waals surface area contributed by atoms with Gasteiger partial charge in [-0.25, -0.2) is 0 Å². The fourth-order valence-electron chi connectivity index (χ4n) is 2.19. The lowest BCUT2D eigenvalue weighted by Crippen LogP contribution is -2.13. The maximum absolute atomic E-state index is 9.43. The first-order valence-corrected chi connectivity index (χ1v) is 6.52. The molecule has 0 aliphatic carbocycles. The summed E-state index contributed by atoms with van der Waals surface area (Å²) in [6, 6.07) is 2.06. The average molecular weight is 252 g/mol. The van der Waals surface area contributed by atoms with E-state index in [1.54, 1.807) is 0 Å². The van der Waals surface area contributed by atoms with Crippen molar-refractivity contribution in [3.05, 3.63) is 28.3 Å². The van der Waals surface area contributed by atoms with E-state index in [9.17, 15) is 5.11 Å². The van der Waals surface area contributed by atoms with Gasteiger partial charge in [-0.05, 0) is 68.9 Å². The molecule has 0 heterocycles. The molecule has 1 aromatic carbocycles. The number of aliphatic hydroxyl groups excluding tert-OH is 2. The Balaban J connectivity index is 2.95. The number of aryl methyl sites for hydroxylation is 1. The topological polar surface area (TPSA) is 49.7 Å². The molecule has 1 aromatic rings. The van der Waals surface area contributed by atoms with Crippen molar-refractivity contribution in [1.29, 1.82) is 0 Å². The molecule has 0 radical (unpaired) electrons. The van der Waals surface area contributed by atoms with Crippen LogP contribution in [-0.4, -0.2) is 29.5 Å². The normalized spacial score (nSPS) is 12.6. The Morgan fingerprint density at radius 1 is 1.22 bits per heavy atom. The molecule has 3 nitrogen and oxygen atoms in total. The smallest absolute Gasteiger partial charge is 0.122 e. The van der Waals surface area contributed by atoms with E-state index < -0.39 is 6.10 Å². The third-order valence-electron chi connectivity index (χ3n) is 3.45. The van der Waals surface area contributed by atoms with Crippen LogP contribution in [-0.2, 0) is 6.42 Å². The van der Waals surface area contributed by atoms with Gasteiger partial charge in [-0.3, -0.25) is 0 Å². The predicted octanol–water partition coefficient (Wildman–Crippen LogP) is 2.30. The molecule has 0 aromatic heterocycles. The molecular weight excluding hydrogens is 228 g/mol. The largest absolute Gasteiger partial charge is 0.494 e. The summed E-state index contributed by atoms with van der Waals surface area (Å²) in [5, 5.41) is 18.3. The number of ether oxygens (including phenoxy) is 1. The van der Waals surface area contributed by atoms with E-state index in [0.29, 0.717) is 13.0 Å². The molecule has 0 saturated carbocycles. The molecule has 1 rings (SSSR count). The third kappa shape index (κ3) is 3.47. The molecule has 0 aliphatic heterocycles. The van der Waals surface area contributed by atoms with Gasteiger partial charge >= 0.3 is 0 Å². The molecule has 0 bridgehead atoms. The summed E-state index contributed by atoms with van der Waals surface area (Å²) in [4.78, 5) is 0. The summed E-state index contributed by atoms with van der Waals surface area (Å²) in [6.07, 6.45) is 0.744. The molecular formula is C15H24O3. The Bertz CT molecular complexity index is 399. The van der Waals surface area contributed by atoms with Gasteiger partial charge in [0.2, 0.25) is 0 Å². The maximum atomic E-state index is 9.43. The van der Waals surface area contributed by atoms with Gasteiger partial charge in [0.05, 0.1) is 19.3 Å². The van der Waals surface area contributed by atoms with Gasteiger partial charge in [0.15, 0.2) is 0 Å². The van der Waals surface area contributed by atoms with E-state index in [0.717, 1.165) is 17.7 Å². The van der Waals surface area contributed by atoms with Crippen molar-refractivity contribution in [3.8, 4) is 5.75 Å². The number of aliphatic hydroxyl groups is 2. The predicted molar refractivity (Wildman–Crippen MR) is 73.2 cm³/mol. The summed E-state index contributed by atoms with van der Waals surface area (Å²) >= 11 is 0. The van der Waals surface area contributed by atoms with Crippen LogP contribution in [0.3, 0.4) is 0 Å². The van der Waals surface area contributed by atoms with Crippen LogP contribution in [0.15, 0.2) is 6.07 Å². The zero-order valence-corrected chi connectivity index (χ0v) is 11.8. The van der Waals surface area contributed by atoms with E-state index in [1.165, 1.54) is 16.7 Å². The van der Waals surface area contributed by atoms with E-state index in [4.69, 9.17) is 9.84 Å². The van der Waals surface area contributed by atoms with Crippen molar-refractivity contribution in [3.63, 3.8) is 0 Å². The molecule has 0 fully saturated rings. The van der Waals surface area contributed by atoms with Crippen LogP contribution in [0.5, 0.6) is 5.75 Å². The number of rotatable bonds is 6. The second kappa shape index (κ2) is 6.76. The van der Waals surface area contributed by atoms with Crippen molar-refractivity contribution in [2.75, 3.05) is 13.2 Å². The molecule has 3 heteroatoms. The van der Waals surface area contributed by atoms with E-state index in [-0.39, 0.29) is 6.61 Å². The molecule has 1 unspecified atom stereocenters. The summed E-state index contributed by atoms with van der Waals surface area (Å²) in [5.74, 6) is 0.943. The zero-order valence-electron chi connectivity index (χ0n) is 11.8. The lowest BCUT2D eigenvalue weighted by Gasteiger charge is -2.17. The van der Waals surface area contributed by atoms with Gasteiger partial charge in [-0.15, -0.1) is 0 Å². The van der Waals surface area contributed by atoms with Crippen LogP contribution in [0.4, 0.5) is 0 Å². The summed E-state index contributed by atoms with van der Waals surface area (Å²) in [7, 11) is 0. The molecule has 0 aliphatic rings. The maximum Gasteiger partial charge on any atom is 0.122 e. The van der Waals surface area contributed by atoms with Crippen molar-refractivity contribution in [2.45, 2.75) is 46.6 Å². The second-order valence-corrected chi connectivity index (χ2v) is 4.73. The molecule has 1 atom stereocenters. The monoisotopic (exact) mass is 252 g/mol. The third-order valence-corrected chi connectivity index (χ3v) is 3.45. The highest BCUT2D eigenvalue weighted by Gasteiger charge is 2.12. The molecule has 18 heavy (non-hydrogen) atoms. The standard InChI is InChI=1S/C15H24O3/c1-5-18-15-8-10(2)14(11(3)12(15)4)7-6-13(17)9-16/h8,13,16-17H,5-7,9H2,1-4H3. The quantitative estimate of drug-likeness (QED) is 0.816. The molecule has 0 amide bonds. The van der Waals surface area contributed by atoms with Crippen LogP contribution >= 0.6 is 0 Å². The Kier molecular flexibility index (Phi) is 5.63. The summed E-state index contributed by atoms with van der Waals surface area (Å²) in [6.45, 7) is 8.69. The van der Waals surface area contributed by atoms with E-state index in [1.807, 2.05) is 6.92 Å². The Morgan fingerprint density at radius 3 is 2.44 bits per heavy atom. The SMILES string of the molecule is CCOc1cc(C)c(CCC(O)CO)c(C)c1C. The Hall–Kier alpha value is -1.06. The molecule has 102 valence electrons. The Labute approximate surface area is 109 Å². The highest BCUT2D eigenvalue weighted by Crippen LogP contribution is 2.28. The van der Waals surface area contributed by atoms with Crippen molar-refractivity contribution in [2.24, 2.45) is 0 Å². The van der Waals surface area contributed by atoms with Crippen LogP contribution in [0, 0.1) is 20.8 Å². The van der Waals surface area contributed by atoms with Gasteiger partial charge in [-0.2, -0.15) is 0 Å². The van der Waals surface area contributed by atoms with E-state index in [2.05, 4.69) is 26.8 Å². The fraction of sp³-hybridized carbons (Fsp3) is 0.600. The summed E-state index contributed by atoms with van der Waals surface area (Å²) in [5.41, 5.74) is 4.83. The number of benzene rings is 1. The van der Waals surface area contributed by atoms with Crippen LogP contribution < -0.4 is 4.74 Å². The molecule has 0 spiro atoms. The number of hydrogen-bond donors (Lipinski definition) is 2. The first-order chi connectivity index (χ1) is 8.51. The Morgan fingerprint density at radius 2 is 1.89 bits per heavy atom. The first kappa shape index (κ1) is 15.0. The fourth-order valence-corrected chi connectivity index (χ4v) is 2.19. The van der Waals surface area contributed by atoms with Crippen molar-refractivity contribution >= 4 is 0 Å². The minimum Gasteiger partial charge on any atom is -0.494 e. The summed E-state index contributed by atoms with van der Waals surface area (Å²) < 4.78 is 5.61. The van der Waals surface area contributed by atoms with Gasteiger partial charge < -0.3 is 14.9 Å². The van der Waals surface area contributed by atoms with Crippen LogP contribution in [0.25, 0.3) is 0 Å². The van der Waals surface area contributed by atoms with Crippen LogP contribution in [0.2, 0.25) is 0 Å². The zero-order chi connectivity index (χ0) is 13.7. The van der Waals surface area contributed by atoms with Gasteiger partial charge in [0, 0.05) is 0 Å². The highest BCUT2D eigenvalue weighted by atomic mass is 16.5. The van der Waals surface area contributed by atoms with Crippen molar-refractivity contribution < 1.29 is 14.9 Å². The van der Waals surface area contributed by atoms with Crippen molar-refractivity contribution in [1.82, 2.24) is 0 Å². The number of hydrogen-bond acceptors (Lipinski definition) is 3. The van der Waals surface area contributed by atoms with Crippen LogP contribution in [0.1, 0.15) is 35.6 Å². The minimum atomic E-state index is -0.629. The van der Waals surface area contributed by atoms with Gasteiger partial charge in [0.25, 0.3) is 0 Å². The minimum absolute atomic E-state index is 0.173. The van der Waals surface area contributed by atoms with Gasteiger partial charge in [-0.1, -0.05) is 0 Å². The highest BCUT2D eigenvalue weighted by molar-refractivity contribution is 5.48. The first-order valence-electron chi connectivity index (χ1n) is 6.52. The molecule has 2 N–H and O–H groups in total. The second-order valence-electron chi connectivity index (χ2n) is 4.73. The molecule has 0 saturated heterocycles. The lowest BCUT2D eigenvalue weighted by molar-refractivity contribution is 0.0885. The van der Waals surface area contributed by atoms with Gasteiger partial charge in [0.1, 0.15) is 5.75 Å². The average Bonchev–Trinajstić information content (AvgIpc) is 2.35. The van der Waals surface area contributed by atoms with E-state index >= 15 is 0 Å². The lowest BCUT2D eigenvalue weighted by atomic mass is 9.93.